The van der Waals surface area contributed by atoms with Gasteiger partial charge in [-0.25, -0.2) is 0 Å². The van der Waals surface area contributed by atoms with Crippen LogP contribution in [0.3, 0.4) is 0 Å². The van der Waals surface area contributed by atoms with Gasteiger partial charge in [0.25, 0.3) is 5.91 Å². The second-order valence-corrected chi connectivity index (χ2v) is 5.75. The Morgan fingerprint density at radius 2 is 1.95 bits per heavy atom. The Hall–Kier alpha value is -0.840. The molecule has 2 rings (SSSR count). The fourth-order valence-corrected chi connectivity index (χ4v) is 2.67. The molecule has 0 aliphatic heterocycles. The van der Waals surface area contributed by atoms with Crippen molar-refractivity contribution in [2.24, 2.45) is 0 Å². The van der Waals surface area contributed by atoms with E-state index >= 15 is 0 Å². The van der Waals surface area contributed by atoms with Gasteiger partial charge >= 0.3 is 0 Å². The first-order chi connectivity index (χ1) is 9.11. The maximum Gasteiger partial charge on any atom is 0.257 e. The molecule has 0 atom stereocenters. The van der Waals surface area contributed by atoms with E-state index in [4.69, 9.17) is 11.6 Å². The molecular weight excluding hydrogens is 393 g/mol. The molecule has 1 N–H and O–H groups in total. The molecule has 0 heterocycles. The number of amides is 1. The molecule has 0 radical (unpaired) electrons. The van der Waals surface area contributed by atoms with Crippen LogP contribution >= 0.6 is 43.5 Å². The van der Waals surface area contributed by atoms with Crippen LogP contribution in [-0.4, -0.2) is 5.91 Å². The highest BCUT2D eigenvalue weighted by molar-refractivity contribution is 9.10. The molecule has 2 aromatic rings. The molecular formula is C14H10Br2ClNO. The lowest BCUT2D eigenvalue weighted by atomic mass is 10.1. The number of hydrogen-bond acceptors (Lipinski definition) is 1. The van der Waals surface area contributed by atoms with Gasteiger partial charge in [-0.3, -0.25) is 4.79 Å². The van der Waals surface area contributed by atoms with Gasteiger partial charge in [-0.1, -0.05) is 61.7 Å². The van der Waals surface area contributed by atoms with Crippen molar-refractivity contribution in [3.05, 3.63) is 63.1 Å². The Labute approximate surface area is 133 Å². The van der Waals surface area contributed by atoms with E-state index in [0.717, 1.165) is 15.7 Å². The summed E-state index contributed by atoms with van der Waals surface area (Å²) in [5.74, 6) is -0.222. The summed E-state index contributed by atoms with van der Waals surface area (Å²) in [5, 5.41) is 3.98. The zero-order chi connectivity index (χ0) is 13.8. The van der Waals surface area contributed by atoms with Crippen LogP contribution in [0.25, 0.3) is 0 Å². The number of nitrogens with one attached hydrogen (secondary N) is 1. The molecule has 0 unspecified atom stereocenters. The molecule has 0 spiro atoms. The molecule has 98 valence electrons. The van der Waals surface area contributed by atoms with Gasteiger partial charge < -0.3 is 5.32 Å². The molecule has 0 saturated heterocycles. The summed E-state index contributed by atoms with van der Waals surface area (Å²) >= 11 is 12.8. The second-order valence-electron chi connectivity index (χ2n) is 3.87. The average Bonchev–Trinajstić information content (AvgIpc) is 2.42. The van der Waals surface area contributed by atoms with Crippen LogP contribution in [0.5, 0.6) is 0 Å². The van der Waals surface area contributed by atoms with Crippen molar-refractivity contribution >= 4 is 55.1 Å². The third kappa shape index (κ3) is 3.59. The minimum atomic E-state index is -0.222. The highest BCUT2D eigenvalue weighted by Crippen LogP contribution is 2.24. The first-order valence-electron chi connectivity index (χ1n) is 5.52. The fourth-order valence-electron chi connectivity index (χ4n) is 1.62. The van der Waals surface area contributed by atoms with Crippen LogP contribution in [0.2, 0.25) is 5.02 Å². The van der Waals surface area contributed by atoms with Crippen molar-refractivity contribution < 1.29 is 4.79 Å². The first-order valence-corrected chi connectivity index (χ1v) is 7.81. The van der Waals surface area contributed by atoms with E-state index in [-0.39, 0.29) is 5.91 Å². The lowest BCUT2D eigenvalue weighted by molar-refractivity contribution is 0.102. The molecule has 0 aliphatic rings. The number of para-hydroxylation sites is 1. The van der Waals surface area contributed by atoms with Gasteiger partial charge in [0.2, 0.25) is 0 Å². The molecule has 2 aromatic carbocycles. The molecule has 0 fully saturated rings. The Bertz CT molecular complexity index is 616. The predicted octanol–water partition coefficient (Wildman–Crippen LogP) is 5.25. The fraction of sp³-hybridized carbons (Fsp3) is 0.0714. The third-order valence-corrected chi connectivity index (χ3v) is 4.01. The summed E-state index contributed by atoms with van der Waals surface area (Å²) in [6, 6.07) is 12.8. The van der Waals surface area contributed by atoms with E-state index in [1.165, 1.54) is 0 Å². The Morgan fingerprint density at radius 1 is 1.21 bits per heavy atom. The summed E-state index contributed by atoms with van der Waals surface area (Å²) in [7, 11) is 0. The molecule has 0 saturated carbocycles. The van der Waals surface area contributed by atoms with Crippen molar-refractivity contribution in [3.8, 4) is 0 Å². The Balaban J connectivity index is 2.28. The number of carbonyl (C=O) groups excluding carboxylic acids is 1. The van der Waals surface area contributed by atoms with Crippen molar-refractivity contribution in [2.45, 2.75) is 5.33 Å². The molecule has 2 nitrogen and oxygen atoms in total. The number of benzene rings is 2. The van der Waals surface area contributed by atoms with Gasteiger partial charge in [0.15, 0.2) is 0 Å². The zero-order valence-electron chi connectivity index (χ0n) is 9.79. The predicted molar refractivity (Wildman–Crippen MR) is 86.2 cm³/mol. The monoisotopic (exact) mass is 401 g/mol. The zero-order valence-corrected chi connectivity index (χ0v) is 13.7. The van der Waals surface area contributed by atoms with Crippen molar-refractivity contribution in [1.82, 2.24) is 0 Å². The van der Waals surface area contributed by atoms with Crippen molar-refractivity contribution in [1.29, 1.82) is 0 Å². The topological polar surface area (TPSA) is 29.1 Å². The molecule has 0 aliphatic carbocycles. The number of alkyl halides is 1. The van der Waals surface area contributed by atoms with Crippen LogP contribution in [0.1, 0.15) is 15.9 Å². The lowest BCUT2D eigenvalue weighted by Gasteiger charge is -2.10. The Kier molecular flexibility index (Phi) is 5.02. The van der Waals surface area contributed by atoms with Gasteiger partial charge in [-0.05, 0) is 29.8 Å². The number of carbonyl (C=O) groups is 1. The minimum Gasteiger partial charge on any atom is -0.322 e. The summed E-state index contributed by atoms with van der Waals surface area (Å²) < 4.78 is 0.816. The van der Waals surface area contributed by atoms with E-state index in [9.17, 15) is 4.79 Å². The van der Waals surface area contributed by atoms with Crippen LogP contribution in [0.4, 0.5) is 5.69 Å². The van der Waals surface area contributed by atoms with E-state index < -0.39 is 0 Å². The van der Waals surface area contributed by atoms with Gasteiger partial charge in [0.05, 0.1) is 10.6 Å². The molecule has 19 heavy (non-hydrogen) atoms. The van der Waals surface area contributed by atoms with E-state index in [1.807, 2.05) is 24.3 Å². The molecule has 0 aromatic heterocycles. The van der Waals surface area contributed by atoms with Gasteiger partial charge in [-0.15, -0.1) is 0 Å². The SMILES string of the molecule is O=C(Nc1ccccc1CBr)c1cc(Br)ccc1Cl. The number of rotatable bonds is 3. The highest BCUT2D eigenvalue weighted by atomic mass is 79.9. The third-order valence-electron chi connectivity index (χ3n) is 2.58. The Morgan fingerprint density at radius 3 is 2.68 bits per heavy atom. The van der Waals surface area contributed by atoms with Crippen LogP contribution in [-0.2, 0) is 5.33 Å². The normalized spacial score (nSPS) is 10.3. The minimum absolute atomic E-state index is 0.222. The molecule has 5 heteroatoms. The highest BCUT2D eigenvalue weighted by Gasteiger charge is 2.12. The summed E-state index contributed by atoms with van der Waals surface area (Å²) in [4.78, 5) is 12.2. The van der Waals surface area contributed by atoms with Crippen molar-refractivity contribution in [3.63, 3.8) is 0 Å². The second kappa shape index (κ2) is 6.55. The molecule has 0 bridgehead atoms. The summed E-state index contributed by atoms with van der Waals surface area (Å²) in [6.45, 7) is 0. The smallest absolute Gasteiger partial charge is 0.257 e. The summed E-state index contributed by atoms with van der Waals surface area (Å²) in [5.41, 5.74) is 2.24. The van der Waals surface area contributed by atoms with Crippen molar-refractivity contribution in [2.75, 3.05) is 5.32 Å². The van der Waals surface area contributed by atoms with Crippen LogP contribution < -0.4 is 5.32 Å². The van der Waals surface area contributed by atoms with E-state index in [2.05, 4.69) is 37.2 Å². The molecule has 1 amide bonds. The first kappa shape index (κ1) is 14.6. The largest absolute Gasteiger partial charge is 0.322 e. The average molecular weight is 404 g/mol. The standard InChI is InChI=1S/C14H10Br2ClNO/c15-8-9-3-1-2-4-13(9)18-14(19)11-7-10(16)5-6-12(11)17/h1-7H,8H2,(H,18,19). The quantitative estimate of drug-likeness (QED) is 0.697. The van der Waals surface area contributed by atoms with Crippen LogP contribution in [0.15, 0.2) is 46.9 Å². The maximum atomic E-state index is 12.2. The van der Waals surface area contributed by atoms with Gasteiger partial charge in [0, 0.05) is 15.5 Å². The number of halogens is 3. The lowest BCUT2D eigenvalue weighted by Crippen LogP contribution is -2.13. The van der Waals surface area contributed by atoms with Crippen LogP contribution in [0, 0.1) is 0 Å². The maximum absolute atomic E-state index is 12.2. The van der Waals surface area contributed by atoms with Gasteiger partial charge in [-0.2, -0.15) is 0 Å². The summed E-state index contributed by atoms with van der Waals surface area (Å²) in [6.07, 6.45) is 0. The number of anilines is 1. The van der Waals surface area contributed by atoms with Gasteiger partial charge in [0.1, 0.15) is 0 Å². The van der Waals surface area contributed by atoms with E-state index in [0.29, 0.717) is 15.9 Å². The number of hydrogen-bond donors (Lipinski definition) is 1. The van der Waals surface area contributed by atoms with E-state index in [1.54, 1.807) is 18.2 Å².